The molecule has 3 aromatic carbocycles. The maximum atomic E-state index is 6.62. The molecule has 0 fully saturated rings. The second-order valence-corrected chi connectivity index (χ2v) is 6.35. The van der Waals surface area contributed by atoms with E-state index < -0.39 is 0 Å². The molecule has 112 valence electrons. The second kappa shape index (κ2) is 9.02. The molecule has 3 nitrogen and oxygen atoms in total. The van der Waals surface area contributed by atoms with Crippen LogP contribution in [0, 0.1) is 0 Å². The highest BCUT2D eigenvalue weighted by molar-refractivity contribution is 7.97. The number of hydrogen-bond acceptors (Lipinski definition) is 3. The first kappa shape index (κ1) is 16.3. The van der Waals surface area contributed by atoms with Gasteiger partial charge in [0.2, 0.25) is 0 Å². The first-order valence-corrected chi connectivity index (χ1v) is 7.93. The Labute approximate surface area is 132 Å². The van der Waals surface area contributed by atoms with Crippen molar-refractivity contribution in [1.82, 2.24) is 0 Å². The van der Waals surface area contributed by atoms with Gasteiger partial charge in [-0.3, -0.25) is 0 Å². The smallest absolute Gasteiger partial charge is 0.166 e. The second-order valence-electron chi connectivity index (χ2n) is 4.33. The third kappa shape index (κ3) is 4.44. The standard InChI is InChI=1S/C18H15S.H2O3/c1-4-10-16(11-5-1)19(17-12-6-2-7-13-17)18-14-8-3-9-15-18;1-3-2/h1-15H;1-2H/q+1;. The van der Waals surface area contributed by atoms with Crippen LogP contribution in [0.1, 0.15) is 0 Å². The van der Waals surface area contributed by atoms with Crippen molar-refractivity contribution in [3.05, 3.63) is 91.0 Å². The van der Waals surface area contributed by atoms with Crippen LogP contribution >= 0.6 is 0 Å². The van der Waals surface area contributed by atoms with Crippen molar-refractivity contribution in [3.8, 4) is 0 Å². The van der Waals surface area contributed by atoms with Gasteiger partial charge in [-0.25, -0.2) is 10.5 Å². The Bertz CT molecular complexity index is 551. The molecule has 0 amide bonds. The summed E-state index contributed by atoms with van der Waals surface area (Å²) in [7, 11) is -0.0146. The van der Waals surface area contributed by atoms with Gasteiger partial charge in [-0.1, -0.05) is 59.6 Å². The average molecular weight is 313 g/mol. The SMILES string of the molecule is OOO.c1ccc([S+](c2ccccc2)c2ccccc2)cc1. The highest BCUT2D eigenvalue weighted by atomic mass is 32.2. The fourth-order valence-corrected chi connectivity index (χ4v) is 4.18. The summed E-state index contributed by atoms with van der Waals surface area (Å²) < 4.78 is 0. The fraction of sp³-hybridized carbons (Fsp3) is 0. The summed E-state index contributed by atoms with van der Waals surface area (Å²) in [6.45, 7) is 0. The fourth-order valence-electron chi connectivity index (χ4n) is 2.08. The lowest BCUT2D eigenvalue weighted by Crippen LogP contribution is -2.04. The summed E-state index contributed by atoms with van der Waals surface area (Å²) in [4.78, 5) is 4.08. The predicted molar refractivity (Wildman–Crippen MR) is 87.8 cm³/mol. The van der Waals surface area contributed by atoms with Crippen molar-refractivity contribution < 1.29 is 15.6 Å². The van der Waals surface area contributed by atoms with Crippen LogP contribution in [0.5, 0.6) is 0 Å². The van der Waals surface area contributed by atoms with Gasteiger partial charge in [0.05, 0.1) is 10.9 Å². The zero-order valence-corrected chi connectivity index (χ0v) is 12.7. The zero-order valence-electron chi connectivity index (χ0n) is 11.9. The minimum Gasteiger partial charge on any atom is -0.221 e. The van der Waals surface area contributed by atoms with Gasteiger partial charge in [-0.05, 0) is 36.4 Å². The van der Waals surface area contributed by atoms with Crippen molar-refractivity contribution in [1.29, 1.82) is 0 Å². The molecular formula is C18H17O3S+. The van der Waals surface area contributed by atoms with Crippen LogP contribution in [0.15, 0.2) is 106 Å². The van der Waals surface area contributed by atoms with Gasteiger partial charge in [-0.15, -0.1) is 0 Å². The maximum absolute atomic E-state index is 6.62. The minimum absolute atomic E-state index is 0.0146. The van der Waals surface area contributed by atoms with Gasteiger partial charge in [0.1, 0.15) is 0 Å². The summed E-state index contributed by atoms with van der Waals surface area (Å²) in [5, 5.41) is 15.5. The molecule has 0 saturated heterocycles. The number of hydrogen-bond donors (Lipinski definition) is 2. The van der Waals surface area contributed by atoms with E-state index in [-0.39, 0.29) is 10.9 Å². The molecule has 0 bridgehead atoms. The summed E-state index contributed by atoms with van der Waals surface area (Å²) in [5.74, 6) is 0. The monoisotopic (exact) mass is 313 g/mol. The normalized spacial score (nSPS) is 9.95. The highest BCUT2D eigenvalue weighted by Gasteiger charge is 2.27. The van der Waals surface area contributed by atoms with Crippen LogP contribution in [0.25, 0.3) is 0 Å². The zero-order chi connectivity index (χ0) is 15.6. The molecule has 3 rings (SSSR count). The van der Waals surface area contributed by atoms with E-state index in [4.69, 9.17) is 10.5 Å². The van der Waals surface area contributed by atoms with Gasteiger partial charge in [-0.2, -0.15) is 0 Å². The molecule has 0 aliphatic carbocycles. The molecule has 0 aliphatic heterocycles. The first-order chi connectivity index (χ1) is 10.9. The molecule has 22 heavy (non-hydrogen) atoms. The number of benzene rings is 3. The van der Waals surface area contributed by atoms with Crippen LogP contribution in [0.3, 0.4) is 0 Å². The topological polar surface area (TPSA) is 49.7 Å². The average Bonchev–Trinajstić information content (AvgIpc) is 2.59. The van der Waals surface area contributed by atoms with Crippen LogP contribution < -0.4 is 0 Å². The molecule has 2 N–H and O–H groups in total. The molecular weight excluding hydrogens is 296 g/mol. The van der Waals surface area contributed by atoms with Gasteiger partial charge >= 0.3 is 0 Å². The van der Waals surface area contributed by atoms with E-state index >= 15 is 0 Å². The quantitative estimate of drug-likeness (QED) is 0.417. The molecule has 0 spiro atoms. The molecule has 0 saturated carbocycles. The van der Waals surface area contributed by atoms with Gasteiger partial charge < -0.3 is 0 Å². The third-order valence-electron chi connectivity index (χ3n) is 2.94. The van der Waals surface area contributed by atoms with Crippen LogP contribution in [-0.2, 0) is 15.9 Å². The van der Waals surface area contributed by atoms with Crippen molar-refractivity contribution in [2.75, 3.05) is 0 Å². The predicted octanol–water partition coefficient (Wildman–Crippen LogP) is 4.73. The molecule has 0 aromatic heterocycles. The Morgan fingerprint density at radius 1 is 0.500 bits per heavy atom. The Kier molecular flexibility index (Phi) is 6.67. The van der Waals surface area contributed by atoms with Gasteiger partial charge in [0, 0.05) is 0 Å². The summed E-state index contributed by atoms with van der Waals surface area (Å²) in [6, 6.07) is 32.2. The maximum Gasteiger partial charge on any atom is 0.166 e. The summed E-state index contributed by atoms with van der Waals surface area (Å²) in [5.41, 5.74) is 0. The lowest BCUT2D eigenvalue weighted by molar-refractivity contribution is -0.465. The first-order valence-electron chi connectivity index (χ1n) is 6.71. The van der Waals surface area contributed by atoms with E-state index in [0.29, 0.717) is 0 Å². The lowest BCUT2D eigenvalue weighted by Gasteiger charge is -2.07. The largest absolute Gasteiger partial charge is 0.221 e. The minimum atomic E-state index is -0.0146. The molecule has 3 aromatic rings. The molecule has 0 atom stereocenters. The van der Waals surface area contributed by atoms with Crippen LogP contribution in [0.4, 0.5) is 0 Å². The molecule has 0 unspecified atom stereocenters. The van der Waals surface area contributed by atoms with Crippen molar-refractivity contribution in [2.24, 2.45) is 0 Å². The van der Waals surface area contributed by atoms with E-state index in [0.717, 1.165) is 0 Å². The Morgan fingerprint density at radius 2 is 0.727 bits per heavy atom. The van der Waals surface area contributed by atoms with Crippen molar-refractivity contribution in [3.63, 3.8) is 0 Å². The molecule has 0 heterocycles. The van der Waals surface area contributed by atoms with E-state index in [1.165, 1.54) is 14.7 Å². The highest BCUT2D eigenvalue weighted by Crippen LogP contribution is 2.30. The van der Waals surface area contributed by atoms with E-state index in [9.17, 15) is 0 Å². The number of rotatable bonds is 3. The van der Waals surface area contributed by atoms with E-state index in [2.05, 4.69) is 96.0 Å². The van der Waals surface area contributed by atoms with Crippen molar-refractivity contribution in [2.45, 2.75) is 14.7 Å². The Balaban J connectivity index is 0.000000545. The summed E-state index contributed by atoms with van der Waals surface area (Å²) >= 11 is 0. The molecule has 0 aliphatic rings. The van der Waals surface area contributed by atoms with Crippen molar-refractivity contribution >= 4 is 10.9 Å². The van der Waals surface area contributed by atoms with Crippen LogP contribution in [0.2, 0.25) is 0 Å². The summed E-state index contributed by atoms with van der Waals surface area (Å²) in [6.07, 6.45) is 0. The lowest BCUT2D eigenvalue weighted by atomic mass is 10.4. The van der Waals surface area contributed by atoms with E-state index in [1.807, 2.05) is 0 Å². The Morgan fingerprint density at radius 3 is 0.955 bits per heavy atom. The van der Waals surface area contributed by atoms with E-state index in [1.54, 1.807) is 0 Å². The van der Waals surface area contributed by atoms with Crippen LogP contribution in [-0.4, -0.2) is 10.5 Å². The molecule has 0 radical (unpaired) electrons. The Hall–Kier alpha value is -2.11. The van der Waals surface area contributed by atoms with Gasteiger partial charge in [0.15, 0.2) is 14.7 Å². The molecule has 4 heteroatoms. The third-order valence-corrected chi connectivity index (χ3v) is 5.17. The van der Waals surface area contributed by atoms with Gasteiger partial charge in [0.25, 0.3) is 0 Å².